The van der Waals surface area contributed by atoms with Crippen molar-refractivity contribution in [3.05, 3.63) is 88.5 Å². The van der Waals surface area contributed by atoms with E-state index >= 15 is 0 Å². The summed E-state index contributed by atoms with van der Waals surface area (Å²) in [6.45, 7) is 4.42. The Morgan fingerprint density at radius 3 is 2.10 bits per heavy atom. The van der Waals surface area contributed by atoms with Crippen LogP contribution in [0, 0.1) is 5.92 Å². The molecule has 0 spiro atoms. The Bertz CT molecular complexity index is 1100. The van der Waals surface area contributed by atoms with Crippen LogP contribution in [-0.2, 0) is 6.42 Å². The molecule has 0 heterocycles. The van der Waals surface area contributed by atoms with Gasteiger partial charge in [0, 0.05) is 16.8 Å². The van der Waals surface area contributed by atoms with E-state index in [0.29, 0.717) is 22.7 Å². The third kappa shape index (κ3) is 3.42. The summed E-state index contributed by atoms with van der Waals surface area (Å²) in [5.41, 5.74) is 3.57. The molecule has 1 aliphatic rings. The van der Waals surface area contributed by atoms with Crippen LogP contribution in [-0.4, -0.2) is 16.7 Å². The van der Waals surface area contributed by atoms with Gasteiger partial charge in [0.15, 0.2) is 11.6 Å². The number of nitrogens with one attached hydrogen (secondary N) is 1. The first kappa shape index (κ1) is 18.9. The molecular formula is C25H23NO3. The molecule has 0 aromatic heterocycles. The first-order valence-electron chi connectivity index (χ1n) is 9.90. The molecule has 0 aliphatic heterocycles. The lowest BCUT2D eigenvalue weighted by Crippen LogP contribution is -2.22. The van der Waals surface area contributed by atoms with Crippen LogP contribution in [0.4, 0.5) is 11.4 Å². The summed E-state index contributed by atoms with van der Waals surface area (Å²) < 4.78 is 0. The average molecular weight is 385 g/mol. The molecule has 4 heteroatoms. The molecule has 4 nitrogen and oxygen atoms in total. The van der Waals surface area contributed by atoms with Crippen LogP contribution >= 0.6 is 0 Å². The minimum absolute atomic E-state index is 0.0621. The number of fused-ring (bicyclic) bond motifs is 2. The Morgan fingerprint density at radius 1 is 0.862 bits per heavy atom. The van der Waals surface area contributed by atoms with Gasteiger partial charge in [-0.05, 0) is 42.2 Å². The lowest BCUT2D eigenvalue weighted by molar-refractivity contribution is 0.0977. The third-order valence-corrected chi connectivity index (χ3v) is 5.57. The largest absolute Gasteiger partial charge is 0.507 e. The summed E-state index contributed by atoms with van der Waals surface area (Å²) in [5.74, 6) is -0.147. The van der Waals surface area contributed by atoms with Gasteiger partial charge in [0.25, 0.3) is 0 Å². The number of hydrogen-bond acceptors (Lipinski definition) is 4. The maximum absolute atomic E-state index is 13.1. The standard InChI is InChI=1S/C25H23NO3/c1-3-15(2)14-16-8-10-17(11-9-16)26-20-12-13-21(27)23-22(20)24(28)18-6-4-5-7-19(18)25(23)29/h4-13,15,26-27H,3,14H2,1-2H3. The minimum atomic E-state index is -0.333. The summed E-state index contributed by atoms with van der Waals surface area (Å²) >= 11 is 0. The highest BCUT2D eigenvalue weighted by Crippen LogP contribution is 2.38. The second kappa shape index (κ2) is 7.55. The number of phenolic OH excluding ortho intramolecular Hbond substituents is 1. The van der Waals surface area contributed by atoms with E-state index in [4.69, 9.17) is 0 Å². The summed E-state index contributed by atoms with van der Waals surface area (Å²) in [5, 5.41) is 13.6. The van der Waals surface area contributed by atoms with Gasteiger partial charge in [-0.15, -0.1) is 0 Å². The van der Waals surface area contributed by atoms with Crippen LogP contribution in [0.15, 0.2) is 60.7 Å². The molecule has 2 N–H and O–H groups in total. The van der Waals surface area contributed by atoms with Crippen LogP contribution in [0.3, 0.4) is 0 Å². The minimum Gasteiger partial charge on any atom is -0.507 e. The topological polar surface area (TPSA) is 66.4 Å². The highest BCUT2D eigenvalue weighted by atomic mass is 16.3. The number of hydrogen-bond donors (Lipinski definition) is 2. The van der Waals surface area contributed by atoms with Crippen molar-refractivity contribution in [2.75, 3.05) is 5.32 Å². The first-order valence-corrected chi connectivity index (χ1v) is 9.90. The molecule has 0 amide bonds. The second-order valence-electron chi connectivity index (χ2n) is 7.63. The molecule has 146 valence electrons. The normalized spacial score (nSPS) is 13.6. The van der Waals surface area contributed by atoms with Crippen LogP contribution < -0.4 is 5.32 Å². The smallest absolute Gasteiger partial charge is 0.198 e. The number of aromatic hydroxyl groups is 1. The fourth-order valence-corrected chi connectivity index (χ4v) is 3.74. The molecule has 0 saturated heterocycles. The van der Waals surface area contributed by atoms with Crippen LogP contribution in [0.25, 0.3) is 0 Å². The van der Waals surface area contributed by atoms with E-state index in [1.54, 1.807) is 30.3 Å². The number of phenols is 1. The van der Waals surface area contributed by atoms with Crippen molar-refractivity contribution in [2.45, 2.75) is 26.7 Å². The summed E-state index contributed by atoms with van der Waals surface area (Å²) in [6, 6.07) is 17.9. The van der Waals surface area contributed by atoms with Crippen molar-refractivity contribution in [1.82, 2.24) is 0 Å². The van der Waals surface area contributed by atoms with Crippen LogP contribution in [0.1, 0.15) is 57.7 Å². The van der Waals surface area contributed by atoms with Gasteiger partial charge in [-0.3, -0.25) is 9.59 Å². The lowest BCUT2D eigenvalue weighted by Gasteiger charge is -2.21. The molecule has 1 atom stereocenters. The van der Waals surface area contributed by atoms with Gasteiger partial charge in [0.1, 0.15) is 5.75 Å². The van der Waals surface area contributed by atoms with Crippen molar-refractivity contribution < 1.29 is 14.7 Å². The molecule has 3 aromatic rings. The highest BCUT2D eigenvalue weighted by molar-refractivity contribution is 6.31. The average Bonchev–Trinajstić information content (AvgIpc) is 2.74. The van der Waals surface area contributed by atoms with E-state index in [2.05, 4.69) is 31.3 Å². The maximum atomic E-state index is 13.1. The summed E-state index contributed by atoms with van der Waals surface area (Å²) in [4.78, 5) is 26.0. The number of benzene rings is 3. The molecular weight excluding hydrogens is 362 g/mol. The Balaban J connectivity index is 1.70. The Kier molecular flexibility index (Phi) is 4.93. The second-order valence-corrected chi connectivity index (χ2v) is 7.63. The fourth-order valence-electron chi connectivity index (χ4n) is 3.74. The van der Waals surface area contributed by atoms with Gasteiger partial charge < -0.3 is 10.4 Å². The zero-order valence-corrected chi connectivity index (χ0v) is 16.5. The Labute approximate surface area is 170 Å². The quantitative estimate of drug-likeness (QED) is 0.445. The fraction of sp³-hybridized carbons (Fsp3) is 0.200. The number of anilines is 2. The van der Waals surface area contributed by atoms with E-state index in [1.165, 1.54) is 11.6 Å². The van der Waals surface area contributed by atoms with Crippen LogP contribution in [0.2, 0.25) is 0 Å². The highest BCUT2D eigenvalue weighted by Gasteiger charge is 2.33. The van der Waals surface area contributed by atoms with Gasteiger partial charge in [-0.2, -0.15) is 0 Å². The van der Waals surface area contributed by atoms with Gasteiger partial charge >= 0.3 is 0 Å². The zero-order valence-electron chi connectivity index (χ0n) is 16.5. The van der Waals surface area contributed by atoms with Crippen LogP contribution in [0.5, 0.6) is 5.75 Å². The third-order valence-electron chi connectivity index (χ3n) is 5.57. The van der Waals surface area contributed by atoms with Crippen molar-refractivity contribution in [3.8, 4) is 5.75 Å². The number of ketones is 2. The Hall–Kier alpha value is -3.40. The molecule has 0 radical (unpaired) electrons. The van der Waals surface area contributed by atoms with Crippen molar-refractivity contribution in [2.24, 2.45) is 5.92 Å². The molecule has 0 saturated carbocycles. The van der Waals surface area contributed by atoms with Gasteiger partial charge in [-0.25, -0.2) is 0 Å². The molecule has 0 bridgehead atoms. The predicted octanol–water partition coefficient (Wildman–Crippen LogP) is 5.50. The van der Waals surface area contributed by atoms with Crippen molar-refractivity contribution >= 4 is 22.9 Å². The van der Waals surface area contributed by atoms with E-state index in [-0.39, 0.29) is 28.4 Å². The van der Waals surface area contributed by atoms with Gasteiger partial charge in [-0.1, -0.05) is 56.7 Å². The van der Waals surface area contributed by atoms with E-state index in [9.17, 15) is 14.7 Å². The maximum Gasteiger partial charge on any atom is 0.198 e. The van der Waals surface area contributed by atoms with Gasteiger partial charge in [0.2, 0.25) is 0 Å². The van der Waals surface area contributed by atoms with E-state index in [0.717, 1.165) is 18.5 Å². The zero-order chi connectivity index (χ0) is 20.5. The molecule has 1 unspecified atom stereocenters. The summed E-state index contributed by atoms with van der Waals surface area (Å²) in [6.07, 6.45) is 2.16. The van der Waals surface area contributed by atoms with Gasteiger partial charge in [0.05, 0.1) is 16.8 Å². The summed E-state index contributed by atoms with van der Waals surface area (Å²) in [7, 11) is 0. The Morgan fingerprint density at radius 2 is 1.48 bits per heavy atom. The lowest BCUT2D eigenvalue weighted by atomic mass is 9.82. The van der Waals surface area contributed by atoms with E-state index in [1.807, 2.05) is 12.1 Å². The molecule has 0 fully saturated rings. The first-order chi connectivity index (χ1) is 14.0. The van der Waals surface area contributed by atoms with Crippen molar-refractivity contribution in [3.63, 3.8) is 0 Å². The molecule has 4 rings (SSSR count). The molecule has 3 aromatic carbocycles. The number of carbonyl (C=O) groups excluding carboxylic acids is 2. The SMILES string of the molecule is CCC(C)Cc1ccc(Nc2ccc(O)c3c2C(=O)c2ccccc2C3=O)cc1. The monoisotopic (exact) mass is 385 g/mol. The predicted molar refractivity (Wildman–Crippen MR) is 114 cm³/mol. The number of carbonyl (C=O) groups is 2. The number of rotatable bonds is 5. The van der Waals surface area contributed by atoms with E-state index < -0.39 is 0 Å². The molecule has 29 heavy (non-hydrogen) atoms. The van der Waals surface area contributed by atoms with Crippen molar-refractivity contribution in [1.29, 1.82) is 0 Å². The molecule has 1 aliphatic carbocycles.